The number of hydrogen-bond acceptors (Lipinski definition) is 3. The van der Waals surface area contributed by atoms with Crippen molar-refractivity contribution in [3.05, 3.63) is 52.6 Å². The standard InChI is InChI=1S/C11H5ClN2O2/c12-6-1-2-7-8(5-6)9(15)10-13-3-4-14(10)11(7)16/h1-5H. The molecule has 1 aromatic carbocycles. The number of hydrogen-bond donors (Lipinski definition) is 0. The summed E-state index contributed by atoms with van der Waals surface area (Å²) in [7, 11) is 0. The summed E-state index contributed by atoms with van der Waals surface area (Å²) in [5, 5.41) is 0.430. The van der Waals surface area contributed by atoms with Gasteiger partial charge in [-0.05, 0) is 18.2 Å². The van der Waals surface area contributed by atoms with Crippen LogP contribution in [0.2, 0.25) is 5.02 Å². The summed E-state index contributed by atoms with van der Waals surface area (Å²) in [6.07, 6.45) is 2.91. The van der Waals surface area contributed by atoms with Gasteiger partial charge in [-0.15, -0.1) is 0 Å². The predicted octanol–water partition coefficient (Wildman–Crippen LogP) is 1.77. The van der Waals surface area contributed by atoms with Gasteiger partial charge in [0.05, 0.1) is 5.56 Å². The van der Waals surface area contributed by atoms with E-state index in [1.54, 1.807) is 12.1 Å². The second kappa shape index (κ2) is 3.02. The van der Waals surface area contributed by atoms with Gasteiger partial charge in [0, 0.05) is 23.0 Å². The van der Waals surface area contributed by atoms with E-state index in [0.29, 0.717) is 16.1 Å². The number of rotatable bonds is 0. The molecule has 1 aliphatic heterocycles. The predicted molar refractivity (Wildman–Crippen MR) is 56.8 cm³/mol. The van der Waals surface area contributed by atoms with Gasteiger partial charge >= 0.3 is 0 Å². The minimum absolute atomic E-state index is 0.139. The molecule has 2 heterocycles. The molecule has 0 bridgehead atoms. The van der Waals surface area contributed by atoms with Gasteiger partial charge in [-0.3, -0.25) is 14.2 Å². The third-order valence-corrected chi connectivity index (χ3v) is 2.75. The Hall–Kier alpha value is -1.94. The molecule has 0 unspecified atom stereocenters. The SMILES string of the molecule is O=C1c2cc(Cl)ccc2C(=O)n2ccnc21. The number of ketones is 1. The fourth-order valence-electron chi connectivity index (χ4n) is 1.78. The summed E-state index contributed by atoms with van der Waals surface area (Å²) in [5.41, 5.74) is 0.677. The number of imidazole rings is 1. The average Bonchev–Trinajstić information content (AvgIpc) is 2.75. The Labute approximate surface area is 95.5 Å². The zero-order valence-electron chi connectivity index (χ0n) is 7.98. The fraction of sp³-hybridized carbons (Fsp3) is 0. The van der Waals surface area contributed by atoms with Gasteiger partial charge in [0.25, 0.3) is 5.91 Å². The Morgan fingerprint density at radius 2 is 2.00 bits per heavy atom. The van der Waals surface area contributed by atoms with E-state index in [4.69, 9.17) is 11.6 Å². The largest absolute Gasteiger partial charge is 0.285 e. The van der Waals surface area contributed by atoms with Crippen molar-refractivity contribution in [1.82, 2.24) is 9.55 Å². The van der Waals surface area contributed by atoms with E-state index in [1.807, 2.05) is 0 Å². The molecule has 0 radical (unpaired) electrons. The van der Waals surface area contributed by atoms with Crippen molar-refractivity contribution in [2.24, 2.45) is 0 Å². The highest BCUT2D eigenvalue weighted by Gasteiger charge is 2.30. The quantitative estimate of drug-likeness (QED) is 0.594. The molecule has 78 valence electrons. The minimum atomic E-state index is -0.276. The van der Waals surface area contributed by atoms with Crippen molar-refractivity contribution in [3.63, 3.8) is 0 Å². The van der Waals surface area contributed by atoms with Crippen molar-refractivity contribution in [2.45, 2.75) is 0 Å². The van der Waals surface area contributed by atoms with Crippen molar-refractivity contribution in [3.8, 4) is 0 Å². The zero-order valence-corrected chi connectivity index (χ0v) is 8.73. The number of halogens is 1. The van der Waals surface area contributed by atoms with E-state index >= 15 is 0 Å². The van der Waals surface area contributed by atoms with Crippen molar-refractivity contribution >= 4 is 23.3 Å². The van der Waals surface area contributed by atoms with Crippen LogP contribution in [0.4, 0.5) is 0 Å². The second-order valence-corrected chi connectivity index (χ2v) is 3.88. The van der Waals surface area contributed by atoms with Gasteiger partial charge in [0.15, 0.2) is 5.82 Å². The van der Waals surface area contributed by atoms with E-state index in [-0.39, 0.29) is 17.5 Å². The highest BCUT2D eigenvalue weighted by molar-refractivity contribution is 6.31. The van der Waals surface area contributed by atoms with Crippen LogP contribution >= 0.6 is 11.6 Å². The van der Waals surface area contributed by atoms with Gasteiger partial charge in [0.1, 0.15) is 0 Å². The first-order valence-corrected chi connectivity index (χ1v) is 4.98. The summed E-state index contributed by atoms with van der Waals surface area (Å²) in [6, 6.07) is 4.64. The van der Waals surface area contributed by atoms with Crippen LogP contribution in [-0.4, -0.2) is 21.2 Å². The lowest BCUT2D eigenvalue weighted by Gasteiger charge is -2.15. The third kappa shape index (κ3) is 1.07. The van der Waals surface area contributed by atoms with Crippen molar-refractivity contribution < 1.29 is 9.59 Å². The first kappa shape index (κ1) is 9.30. The van der Waals surface area contributed by atoms with Gasteiger partial charge in [-0.25, -0.2) is 4.98 Å². The Morgan fingerprint density at radius 1 is 1.19 bits per heavy atom. The van der Waals surface area contributed by atoms with Gasteiger partial charge in [0.2, 0.25) is 5.78 Å². The molecule has 4 nitrogen and oxygen atoms in total. The number of fused-ring (bicyclic) bond motifs is 2. The molecular formula is C11H5ClN2O2. The smallest absolute Gasteiger partial charge is 0.264 e. The summed E-state index contributed by atoms with van der Waals surface area (Å²) < 4.78 is 1.25. The maximum Gasteiger partial charge on any atom is 0.264 e. The van der Waals surface area contributed by atoms with Gasteiger partial charge in [-0.1, -0.05) is 11.6 Å². The molecule has 0 atom stereocenters. The summed E-state index contributed by atoms with van der Waals surface area (Å²) >= 11 is 5.80. The van der Waals surface area contributed by atoms with E-state index in [2.05, 4.69) is 4.98 Å². The first-order chi connectivity index (χ1) is 7.68. The second-order valence-electron chi connectivity index (χ2n) is 3.45. The molecule has 5 heteroatoms. The lowest BCUT2D eigenvalue weighted by molar-refractivity contribution is 0.0907. The molecule has 0 aliphatic carbocycles. The van der Waals surface area contributed by atoms with E-state index in [0.717, 1.165) is 0 Å². The number of benzene rings is 1. The third-order valence-electron chi connectivity index (χ3n) is 2.52. The van der Waals surface area contributed by atoms with Crippen LogP contribution in [0.5, 0.6) is 0 Å². The van der Waals surface area contributed by atoms with Crippen LogP contribution in [0.15, 0.2) is 30.6 Å². The molecule has 2 aromatic rings. The maximum atomic E-state index is 12.0. The number of carbonyl (C=O) groups excluding carboxylic acids is 2. The summed E-state index contributed by atoms with van der Waals surface area (Å²) in [6.45, 7) is 0. The van der Waals surface area contributed by atoms with E-state index in [1.165, 1.54) is 23.0 Å². The van der Waals surface area contributed by atoms with Crippen LogP contribution in [0.25, 0.3) is 0 Å². The lowest BCUT2D eigenvalue weighted by Crippen LogP contribution is -2.26. The number of carbonyl (C=O) groups is 2. The molecule has 0 saturated heterocycles. The molecule has 0 N–H and O–H groups in total. The Morgan fingerprint density at radius 3 is 2.81 bits per heavy atom. The van der Waals surface area contributed by atoms with E-state index in [9.17, 15) is 9.59 Å². The Bertz CT molecular complexity index is 631. The highest BCUT2D eigenvalue weighted by Crippen LogP contribution is 2.24. The minimum Gasteiger partial charge on any atom is -0.285 e. The Kier molecular flexibility index (Phi) is 1.76. The van der Waals surface area contributed by atoms with Crippen LogP contribution in [0.1, 0.15) is 26.5 Å². The zero-order chi connectivity index (χ0) is 11.3. The molecule has 0 spiro atoms. The van der Waals surface area contributed by atoms with Gasteiger partial charge in [-0.2, -0.15) is 0 Å². The van der Waals surface area contributed by atoms with Crippen LogP contribution in [0.3, 0.4) is 0 Å². The van der Waals surface area contributed by atoms with E-state index < -0.39 is 0 Å². The first-order valence-electron chi connectivity index (χ1n) is 4.61. The molecule has 0 fully saturated rings. The molecule has 1 aliphatic rings. The van der Waals surface area contributed by atoms with Crippen molar-refractivity contribution in [2.75, 3.05) is 0 Å². The molecule has 1 aromatic heterocycles. The number of aromatic nitrogens is 2. The van der Waals surface area contributed by atoms with Crippen LogP contribution in [-0.2, 0) is 0 Å². The number of nitrogens with zero attached hydrogens (tertiary/aromatic N) is 2. The van der Waals surface area contributed by atoms with Gasteiger partial charge < -0.3 is 0 Å². The monoisotopic (exact) mass is 232 g/mol. The topological polar surface area (TPSA) is 52.0 Å². The molecule has 3 rings (SSSR count). The summed E-state index contributed by atoms with van der Waals surface area (Å²) in [4.78, 5) is 27.8. The normalized spacial score (nSPS) is 13.6. The fourth-order valence-corrected chi connectivity index (χ4v) is 1.95. The van der Waals surface area contributed by atoms with Crippen LogP contribution in [0, 0.1) is 0 Å². The summed E-state index contributed by atoms with van der Waals surface area (Å²) in [5.74, 6) is -0.388. The molecule has 0 saturated carbocycles. The molecular weight excluding hydrogens is 228 g/mol. The molecule has 0 amide bonds. The Balaban J connectivity index is 2.34. The lowest BCUT2D eigenvalue weighted by atomic mass is 9.99. The maximum absolute atomic E-state index is 12.0. The van der Waals surface area contributed by atoms with Crippen molar-refractivity contribution in [1.29, 1.82) is 0 Å². The highest BCUT2D eigenvalue weighted by atomic mass is 35.5. The average molecular weight is 233 g/mol. The molecule has 16 heavy (non-hydrogen) atoms. The van der Waals surface area contributed by atoms with Crippen LogP contribution < -0.4 is 0 Å².